The van der Waals surface area contributed by atoms with Crippen molar-refractivity contribution in [1.29, 1.82) is 0 Å². The van der Waals surface area contributed by atoms with Crippen molar-refractivity contribution < 1.29 is 18.3 Å². The number of hydrogen-bond donors (Lipinski definition) is 0. The predicted octanol–water partition coefficient (Wildman–Crippen LogP) is 1.63. The highest BCUT2D eigenvalue weighted by Gasteiger charge is 2.62. The molecule has 2 heterocycles. The van der Waals surface area contributed by atoms with E-state index in [1.165, 1.54) is 12.0 Å². The minimum Gasteiger partial charge on any atom is -0.481 e. The molecule has 1 aliphatic carbocycles. The Morgan fingerprint density at radius 1 is 1.58 bits per heavy atom. The van der Waals surface area contributed by atoms with E-state index in [1.54, 1.807) is 6.20 Å². The van der Waals surface area contributed by atoms with E-state index >= 15 is 0 Å². The molecule has 0 N–H and O–H groups in total. The fraction of sp³-hybridized carbons (Fsp3) is 0.538. The maximum Gasteiger partial charge on any atom is 0.260 e. The largest absolute Gasteiger partial charge is 0.481 e. The molecule has 6 heteroatoms. The minimum atomic E-state index is -2.81. The third-order valence-electron chi connectivity index (χ3n) is 3.74. The van der Waals surface area contributed by atoms with Gasteiger partial charge in [-0.2, -0.15) is 0 Å². The smallest absolute Gasteiger partial charge is 0.260 e. The zero-order chi connectivity index (χ0) is 13.6. The van der Waals surface area contributed by atoms with Gasteiger partial charge in [-0.3, -0.25) is 4.79 Å². The van der Waals surface area contributed by atoms with Gasteiger partial charge in [0.25, 0.3) is 5.92 Å². The number of ether oxygens (including phenoxy) is 1. The lowest BCUT2D eigenvalue weighted by molar-refractivity contribution is -0.135. The fourth-order valence-corrected chi connectivity index (χ4v) is 2.51. The van der Waals surface area contributed by atoms with Gasteiger partial charge in [-0.15, -0.1) is 0 Å². The molecule has 3 rings (SSSR count). The summed E-state index contributed by atoms with van der Waals surface area (Å²) in [7, 11) is 1.51. The first-order valence-corrected chi connectivity index (χ1v) is 6.20. The van der Waals surface area contributed by atoms with Crippen LogP contribution in [0, 0.1) is 5.92 Å². The molecule has 1 aliphatic heterocycles. The summed E-state index contributed by atoms with van der Waals surface area (Å²) >= 11 is 0. The van der Waals surface area contributed by atoms with Crippen molar-refractivity contribution in [2.45, 2.75) is 25.3 Å². The first kappa shape index (κ1) is 12.3. The number of hydrogen-bond acceptors (Lipinski definition) is 3. The molecular formula is C13H14F2N2O2. The van der Waals surface area contributed by atoms with Gasteiger partial charge in [0.2, 0.25) is 11.8 Å². The van der Waals surface area contributed by atoms with Crippen LogP contribution < -0.4 is 4.74 Å². The summed E-state index contributed by atoms with van der Waals surface area (Å²) < 4.78 is 31.1. The average molecular weight is 268 g/mol. The van der Waals surface area contributed by atoms with E-state index in [1.807, 2.05) is 6.07 Å². The Bertz CT molecular complexity index is 519. The number of pyridine rings is 1. The van der Waals surface area contributed by atoms with Gasteiger partial charge in [-0.1, -0.05) is 0 Å². The van der Waals surface area contributed by atoms with Gasteiger partial charge in [0, 0.05) is 24.7 Å². The zero-order valence-electron chi connectivity index (χ0n) is 10.5. The van der Waals surface area contributed by atoms with Gasteiger partial charge in [0.15, 0.2) is 0 Å². The molecule has 1 saturated carbocycles. The van der Waals surface area contributed by atoms with E-state index < -0.39 is 17.7 Å². The van der Waals surface area contributed by atoms with Gasteiger partial charge in [-0.05, 0) is 18.1 Å². The molecule has 19 heavy (non-hydrogen) atoms. The van der Waals surface area contributed by atoms with Crippen molar-refractivity contribution in [2.75, 3.05) is 13.7 Å². The minimum absolute atomic E-state index is 0.303. The maximum atomic E-state index is 13.0. The summed E-state index contributed by atoms with van der Waals surface area (Å²) in [6.45, 7) is 0.781. The second-order valence-electron chi connectivity index (χ2n) is 4.99. The molecule has 0 bridgehead atoms. The van der Waals surface area contributed by atoms with Crippen molar-refractivity contribution in [3.63, 3.8) is 0 Å². The first-order valence-electron chi connectivity index (χ1n) is 6.20. The zero-order valence-corrected chi connectivity index (χ0v) is 10.5. The molecule has 1 aromatic rings. The van der Waals surface area contributed by atoms with E-state index in [0.29, 0.717) is 25.4 Å². The number of fused-ring (bicyclic) bond motifs is 1. The maximum absolute atomic E-state index is 13.0. The van der Waals surface area contributed by atoms with E-state index in [4.69, 9.17) is 4.74 Å². The van der Waals surface area contributed by atoms with E-state index in [2.05, 4.69) is 4.98 Å². The molecule has 0 saturated heterocycles. The Balaban J connectivity index is 1.80. The Morgan fingerprint density at radius 2 is 2.32 bits per heavy atom. The third-order valence-corrected chi connectivity index (χ3v) is 3.74. The monoisotopic (exact) mass is 268 g/mol. The summed E-state index contributed by atoms with van der Waals surface area (Å²) in [5.74, 6) is -3.92. The summed E-state index contributed by atoms with van der Waals surface area (Å²) in [6.07, 6.45) is 1.99. The van der Waals surface area contributed by atoms with Crippen LogP contribution in [0.4, 0.5) is 8.78 Å². The van der Waals surface area contributed by atoms with Crippen LogP contribution >= 0.6 is 0 Å². The number of rotatable bonds is 2. The summed E-state index contributed by atoms with van der Waals surface area (Å²) in [5, 5.41) is 0. The van der Waals surface area contributed by atoms with Crippen LogP contribution in [0.25, 0.3) is 0 Å². The summed E-state index contributed by atoms with van der Waals surface area (Å²) in [4.78, 5) is 17.5. The number of aromatic nitrogens is 1. The SMILES string of the molecule is COc1nccc2c1CN(C(=O)C1CC1(F)F)CC2. The van der Waals surface area contributed by atoms with Crippen LogP contribution in [0.2, 0.25) is 0 Å². The van der Waals surface area contributed by atoms with Crippen LogP contribution in [0.3, 0.4) is 0 Å². The van der Waals surface area contributed by atoms with Crippen LogP contribution in [-0.2, 0) is 17.8 Å². The highest BCUT2D eigenvalue weighted by atomic mass is 19.3. The normalized spacial score (nSPS) is 23.7. The highest BCUT2D eigenvalue weighted by molar-refractivity contribution is 5.83. The molecular weight excluding hydrogens is 254 g/mol. The van der Waals surface area contributed by atoms with Crippen molar-refractivity contribution >= 4 is 5.91 Å². The number of methoxy groups -OCH3 is 1. The van der Waals surface area contributed by atoms with E-state index in [-0.39, 0.29) is 6.42 Å². The van der Waals surface area contributed by atoms with Gasteiger partial charge in [-0.25, -0.2) is 13.8 Å². The van der Waals surface area contributed by atoms with Crippen LogP contribution in [0.5, 0.6) is 5.88 Å². The van der Waals surface area contributed by atoms with Crippen molar-refractivity contribution in [2.24, 2.45) is 5.92 Å². The Labute approximate surface area is 109 Å². The molecule has 0 spiro atoms. The van der Waals surface area contributed by atoms with Gasteiger partial charge in [0.05, 0.1) is 13.7 Å². The number of halogens is 2. The summed E-state index contributed by atoms with van der Waals surface area (Å²) in [5.41, 5.74) is 1.90. The predicted molar refractivity (Wildman–Crippen MR) is 63.0 cm³/mol. The van der Waals surface area contributed by atoms with Crippen LogP contribution in [0.1, 0.15) is 17.5 Å². The summed E-state index contributed by atoms with van der Waals surface area (Å²) in [6, 6.07) is 1.88. The van der Waals surface area contributed by atoms with Crippen molar-refractivity contribution in [1.82, 2.24) is 9.88 Å². The average Bonchev–Trinajstić information content (AvgIpc) is 3.05. The quantitative estimate of drug-likeness (QED) is 0.818. The number of alkyl halides is 2. The molecule has 0 radical (unpaired) electrons. The molecule has 102 valence electrons. The topological polar surface area (TPSA) is 42.4 Å². The molecule has 1 atom stereocenters. The molecule has 1 unspecified atom stereocenters. The van der Waals surface area contributed by atoms with Gasteiger partial charge >= 0.3 is 0 Å². The Kier molecular flexibility index (Phi) is 2.69. The number of amides is 1. The highest BCUT2D eigenvalue weighted by Crippen LogP contribution is 2.49. The van der Waals surface area contributed by atoms with E-state index in [0.717, 1.165) is 11.1 Å². The number of carbonyl (C=O) groups is 1. The first-order chi connectivity index (χ1) is 9.03. The second-order valence-corrected chi connectivity index (χ2v) is 4.99. The van der Waals surface area contributed by atoms with Crippen LogP contribution in [0.15, 0.2) is 12.3 Å². The van der Waals surface area contributed by atoms with Crippen molar-refractivity contribution in [3.8, 4) is 5.88 Å². The second kappa shape index (κ2) is 4.15. The van der Waals surface area contributed by atoms with E-state index in [9.17, 15) is 13.6 Å². The molecule has 1 fully saturated rings. The van der Waals surface area contributed by atoms with Gasteiger partial charge < -0.3 is 9.64 Å². The van der Waals surface area contributed by atoms with Crippen LogP contribution in [-0.4, -0.2) is 35.4 Å². The van der Waals surface area contributed by atoms with Crippen molar-refractivity contribution in [3.05, 3.63) is 23.4 Å². The Morgan fingerprint density at radius 3 is 2.95 bits per heavy atom. The third kappa shape index (κ3) is 2.05. The molecule has 0 aromatic carbocycles. The fourth-order valence-electron chi connectivity index (χ4n) is 2.51. The molecule has 4 nitrogen and oxygen atoms in total. The lowest BCUT2D eigenvalue weighted by Gasteiger charge is -2.29. The number of nitrogens with zero attached hydrogens (tertiary/aromatic N) is 2. The number of carbonyl (C=O) groups excluding carboxylic acids is 1. The molecule has 2 aliphatic rings. The van der Waals surface area contributed by atoms with Gasteiger partial charge in [0.1, 0.15) is 5.92 Å². The standard InChI is InChI=1S/C13H14F2N2O2/c1-19-11-9-7-17(5-3-8(9)2-4-16-11)12(18)10-6-13(10,14)15/h2,4,10H,3,5-7H2,1H3. The Hall–Kier alpha value is -1.72. The lowest BCUT2D eigenvalue weighted by Crippen LogP contribution is -2.38. The molecule has 1 aromatic heterocycles. The molecule has 1 amide bonds. The lowest BCUT2D eigenvalue weighted by atomic mass is 10.0.